The molecule has 0 spiro atoms. The van der Waals surface area contributed by atoms with Crippen LogP contribution < -0.4 is 0 Å². The third-order valence-electron chi connectivity index (χ3n) is 1.42. The zero-order chi connectivity index (χ0) is 9.12. The SMILES string of the molecule is CCCCC(O)(O)C(O)(O)O. The first-order chi connectivity index (χ1) is 4.81. The molecular weight excluding hydrogens is 152 g/mol. The summed E-state index contributed by atoms with van der Waals surface area (Å²) in [5.74, 6) is -6.29. The molecule has 0 aromatic heterocycles. The van der Waals surface area contributed by atoms with Gasteiger partial charge in [-0.2, -0.15) is 0 Å². The smallest absolute Gasteiger partial charge is 0.332 e. The Morgan fingerprint density at radius 2 is 1.45 bits per heavy atom. The fourth-order valence-electron chi connectivity index (χ4n) is 0.591. The summed E-state index contributed by atoms with van der Waals surface area (Å²) in [6, 6.07) is 0. The summed E-state index contributed by atoms with van der Waals surface area (Å²) in [5.41, 5.74) is 0. The molecule has 0 aliphatic heterocycles. The second kappa shape index (κ2) is 3.46. The standard InChI is InChI=1S/C6H14O5/c1-2-3-4-5(7,8)6(9,10)11/h7-11H,2-4H2,1H3. The van der Waals surface area contributed by atoms with Gasteiger partial charge in [-0.15, -0.1) is 0 Å². The molecule has 0 unspecified atom stereocenters. The molecule has 11 heavy (non-hydrogen) atoms. The zero-order valence-electron chi connectivity index (χ0n) is 6.36. The van der Waals surface area contributed by atoms with E-state index in [0.29, 0.717) is 12.8 Å². The second-order valence-electron chi connectivity index (χ2n) is 2.56. The molecule has 0 aromatic rings. The zero-order valence-corrected chi connectivity index (χ0v) is 6.36. The van der Waals surface area contributed by atoms with E-state index in [1.807, 2.05) is 0 Å². The lowest BCUT2D eigenvalue weighted by Gasteiger charge is -2.29. The monoisotopic (exact) mass is 166 g/mol. The van der Waals surface area contributed by atoms with Crippen molar-refractivity contribution in [3.63, 3.8) is 0 Å². The second-order valence-corrected chi connectivity index (χ2v) is 2.56. The number of rotatable bonds is 4. The molecule has 0 bridgehead atoms. The van der Waals surface area contributed by atoms with Gasteiger partial charge < -0.3 is 25.5 Å². The first-order valence-electron chi connectivity index (χ1n) is 3.43. The lowest BCUT2D eigenvalue weighted by molar-refractivity contribution is -0.447. The van der Waals surface area contributed by atoms with E-state index in [4.69, 9.17) is 25.5 Å². The molecule has 5 nitrogen and oxygen atoms in total. The predicted molar refractivity (Wildman–Crippen MR) is 36.1 cm³/mol. The lowest BCUT2D eigenvalue weighted by Crippen LogP contribution is -2.54. The van der Waals surface area contributed by atoms with Gasteiger partial charge in [0.15, 0.2) is 0 Å². The topological polar surface area (TPSA) is 101 Å². The van der Waals surface area contributed by atoms with E-state index in [0.717, 1.165) is 0 Å². The molecule has 0 fully saturated rings. The Bertz CT molecular complexity index is 115. The van der Waals surface area contributed by atoms with Crippen LogP contribution in [0.25, 0.3) is 0 Å². The first-order valence-corrected chi connectivity index (χ1v) is 3.43. The van der Waals surface area contributed by atoms with Crippen LogP contribution in [0.5, 0.6) is 0 Å². The molecule has 0 heterocycles. The Kier molecular flexibility index (Phi) is 3.40. The fourth-order valence-corrected chi connectivity index (χ4v) is 0.591. The van der Waals surface area contributed by atoms with E-state index in [1.165, 1.54) is 0 Å². The van der Waals surface area contributed by atoms with Gasteiger partial charge >= 0.3 is 5.97 Å². The maximum absolute atomic E-state index is 8.79. The summed E-state index contributed by atoms with van der Waals surface area (Å²) in [7, 11) is 0. The summed E-state index contributed by atoms with van der Waals surface area (Å²) in [5, 5.41) is 42.7. The normalized spacial score (nSPS) is 13.6. The third kappa shape index (κ3) is 3.13. The minimum atomic E-state index is -3.44. The van der Waals surface area contributed by atoms with Gasteiger partial charge in [-0.1, -0.05) is 13.3 Å². The van der Waals surface area contributed by atoms with Gasteiger partial charge in [0.2, 0.25) is 5.79 Å². The molecule has 0 rings (SSSR count). The van der Waals surface area contributed by atoms with Crippen LogP contribution in [0.4, 0.5) is 0 Å². The maximum Gasteiger partial charge on any atom is 0.332 e. The van der Waals surface area contributed by atoms with Gasteiger partial charge in [0.05, 0.1) is 0 Å². The Labute approximate surface area is 64.5 Å². The van der Waals surface area contributed by atoms with Crippen molar-refractivity contribution in [2.45, 2.75) is 37.9 Å². The quantitative estimate of drug-likeness (QED) is 0.327. The van der Waals surface area contributed by atoms with Crippen molar-refractivity contribution >= 4 is 0 Å². The van der Waals surface area contributed by atoms with Crippen LogP contribution in [-0.4, -0.2) is 37.3 Å². The van der Waals surface area contributed by atoms with Crippen LogP contribution in [-0.2, 0) is 0 Å². The maximum atomic E-state index is 8.79. The Hall–Kier alpha value is -0.200. The Morgan fingerprint density at radius 1 is 1.00 bits per heavy atom. The summed E-state index contributed by atoms with van der Waals surface area (Å²) in [6.45, 7) is 1.80. The number of hydrogen-bond acceptors (Lipinski definition) is 5. The van der Waals surface area contributed by atoms with E-state index in [-0.39, 0.29) is 6.42 Å². The van der Waals surface area contributed by atoms with Gasteiger partial charge in [-0.05, 0) is 6.42 Å². The molecule has 0 radical (unpaired) electrons. The molecule has 0 atom stereocenters. The highest BCUT2D eigenvalue weighted by atomic mass is 16.7. The van der Waals surface area contributed by atoms with Gasteiger partial charge in [-0.3, -0.25) is 0 Å². The van der Waals surface area contributed by atoms with Gasteiger partial charge in [0, 0.05) is 6.42 Å². The predicted octanol–water partition coefficient (Wildman–Crippen LogP) is -1.51. The van der Waals surface area contributed by atoms with Crippen molar-refractivity contribution in [2.24, 2.45) is 0 Å². The van der Waals surface area contributed by atoms with Crippen LogP contribution in [0.1, 0.15) is 26.2 Å². The highest BCUT2D eigenvalue weighted by molar-refractivity contribution is 4.71. The summed E-state index contributed by atoms with van der Waals surface area (Å²) < 4.78 is 0. The van der Waals surface area contributed by atoms with Crippen molar-refractivity contribution in [3.05, 3.63) is 0 Å². The molecule has 0 aliphatic rings. The number of aliphatic hydroxyl groups is 5. The largest absolute Gasteiger partial charge is 0.359 e. The van der Waals surface area contributed by atoms with Crippen LogP contribution in [0.2, 0.25) is 0 Å². The molecular formula is C6H14O5. The summed E-state index contributed by atoms with van der Waals surface area (Å²) in [4.78, 5) is 0. The van der Waals surface area contributed by atoms with Gasteiger partial charge in [0.1, 0.15) is 0 Å². The van der Waals surface area contributed by atoms with Gasteiger partial charge in [-0.25, -0.2) is 0 Å². The Morgan fingerprint density at radius 3 is 1.73 bits per heavy atom. The van der Waals surface area contributed by atoms with E-state index in [2.05, 4.69) is 0 Å². The number of hydrogen-bond donors (Lipinski definition) is 5. The van der Waals surface area contributed by atoms with Crippen molar-refractivity contribution < 1.29 is 25.5 Å². The molecule has 0 saturated carbocycles. The van der Waals surface area contributed by atoms with Crippen molar-refractivity contribution in [2.75, 3.05) is 0 Å². The number of unbranched alkanes of at least 4 members (excludes halogenated alkanes) is 1. The van der Waals surface area contributed by atoms with Crippen LogP contribution in [0, 0.1) is 0 Å². The molecule has 68 valence electrons. The van der Waals surface area contributed by atoms with Crippen LogP contribution in [0.15, 0.2) is 0 Å². The van der Waals surface area contributed by atoms with E-state index in [1.54, 1.807) is 6.92 Å². The highest BCUT2D eigenvalue weighted by Gasteiger charge is 2.45. The van der Waals surface area contributed by atoms with Crippen molar-refractivity contribution in [1.29, 1.82) is 0 Å². The average Bonchev–Trinajstić information content (AvgIpc) is 1.81. The average molecular weight is 166 g/mol. The first kappa shape index (κ1) is 10.8. The minimum absolute atomic E-state index is 0.285. The van der Waals surface area contributed by atoms with E-state index >= 15 is 0 Å². The molecule has 0 aliphatic carbocycles. The molecule has 0 amide bonds. The fraction of sp³-hybridized carbons (Fsp3) is 1.00. The van der Waals surface area contributed by atoms with Crippen LogP contribution in [0.3, 0.4) is 0 Å². The highest BCUT2D eigenvalue weighted by Crippen LogP contribution is 2.20. The van der Waals surface area contributed by atoms with Crippen LogP contribution >= 0.6 is 0 Å². The van der Waals surface area contributed by atoms with E-state index in [9.17, 15) is 0 Å². The van der Waals surface area contributed by atoms with E-state index < -0.39 is 11.8 Å². The Balaban J connectivity index is 4.00. The lowest BCUT2D eigenvalue weighted by atomic mass is 10.1. The summed E-state index contributed by atoms with van der Waals surface area (Å²) >= 11 is 0. The minimum Gasteiger partial charge on any atom is -0.359 e. The molecule has 0 saturated heterocycles. The summed E-state index contributed by atoms with van der Waals surface area (Å²) in [6.07, 6.45) is 0.766. The van der Waals surface area contributed by atoms with Gasteiger partial charge in [0.25, 0.3) is 0 Å². The van der Waals surface area contributed by atoms with Crippen molar-refractivity contribution in [1.82, 2.24) is 0 Å². The van der Waals surface area contributed by atoms with Crippen molar-refractivity contribution in [3.8, 4) is 0 Å². The third-order valence-corrected chi connectivity index (χ3v) is 1.42. The molecule has 0 aromatic carbocycles. The molecule has 5 N–H and O–H groups in total. The molecule has 5 heteroatoms.